The largest absolute Gasteiger partial charge is 0.380 e. The molecule has 0 spiro atoms. The lowest BCUT2D eigenvalue weighted by atomic mass is 9.66. The Kier molecular flexibility index (Phi) is 5.30. The minimum absolute atomic E-state index is 0.581. The van der Waals surface area contributed by atoms with E-state index < -0.39 is 0 Å². The van der Waals surface area contributed by atoms with E-state index in [1.54, 1.807) is 0 Å². The molecule has 0 aromatic heterocycles. The van der Waals surface area contributed by atoms with Crippen molar-refractivity contribution >= 4 is 0 Å². The highest BCUT2D eigenvalue weighted by Gasteiger charge is 2.34. The van der Waals surface area contributed by atoms with Crippen LogP contribution in [0.15, 0.2) is 0 Å². The maximum absolute atomic E-state index is 5.61. The average molecular weight is 239 g/mol. The summed E-state index contributed by atoms with van der Waals surface area (Å²) in [5, 5.41) is 3.48. The molecule has 100 valence electrons. The zero-order chi connectivity index (χ0) is 12.1. The average Bonchev–Trinajstić information content (AvgIpc) is 2.39. The van der Waals surface area contributed by atoms with Crippen molar-refractivity contribution in [2.75, 3.05) is 20.3 Å². The number of ether oxygens (including phenoxy) is 1. The fourth-order valence-electron chi connectivity index (χ4n) is 3.98. The summed E-state index contributed by atoms with van der Waals surface area (Å²) in [6.45, 7) is 3.83. The number of likely N-dealkylation sites (N-methyl/N-ethyl adjacent to an activating group) is 1. The molecule has 0 amide bonds. The van der Waals surface area contributed by atoms with Crippen molar-refractivity contribution < 1.29 is 4.74 Å². The Morgan fingerprint density at radius 3 is 2.59 bits per heavy atom. The van der Waals surface area contributed by atoms with E-state index in [4.69, 9.17) is 4.74 Å². The van der Waals surface area contributed by atoms with Gasteiger partial charge < -0.3 is 10.1 Å². The van der Waals surface area contributed by atoms with Gasteiger partial charge in [-0.15, -0.1) is 0 Å². The van der Waals surface area contributed by atoms with Crippen LogP contribution in [-0.2, 0) is 4.74 Å². The summed E-state index contributed by atoms with van der Waals surface area (Å²) in [6.07, 6.45) is 10.3. The van der Waals surface area contributed by atoms with Gasteiger partial charge in [-0.25, -0.2) is 0 Å². The topological polar surface area (TPSA) is 21.3 Å². The molecule has 2 heteroatoms. The quantitative estimate of drug-likeness (QED) is 0.795. The van der Waals surface area contributed by atoms with Crippen molar-refractivity contribution in [1.82, 2.24) is 5.32 Å². The van der Waals surface area contributed by atoms with Gasteiger partial charge in [-0.3, -0.25) is 0 Å². The van der Waals surface area contributed by atoms with Crippen molar-refractivity contribution in [2.45, 2.75) is 57.9 Å². The highest BCUT2D eigenvalue weighted by Crippen LogP contribution is 2.43. The molecule has 0 aliphatic heterocycles. The smallest absolute Gasteiger partial charge is 0.0622 e. The molecule has 1 N–H and O–H groups in total. The Morgan fingerprint density at radius 1 is 1.12 bits per heavy atom. The molecule has 17 heavy (non-hydrogen) atoms. The first-order chi connectivity index (χ1) is 8.35. The Balaban J connectivity index is 1.84. The predicted molar refractivity (Wildman–Crippen MR) is 72.1 cm³/mol. The van der Waals surface area contributed by atoms with Crippen LogP contribution in [-0.4, -0.2) is 26.3 Å². The summed E-state index contributed by atoms with van der Waals surface area (Å²) < 4.78 is 5.61. The summed E-state index contributed by atoms with van der Waals surface area (Å²) in [6, 6.07) is 0.581. The van der Waals surface area contributed by atoms with E-state index in [-0.39, 0.29) is 0 Å². The fourth-order valence-corrected chi connectivity index (χ4v) is 3.98. The third-order valence-corrected chi connectivity index (χ3v) is 5.02. The van der Waals surface area contributed by atoms with E-state index in [0.717, 1.165) is 31.0 Å². The molecular weight excluding hydrogens is 210 g/mol. The normalized spacial score (nSPS) is 35.3. The van der Waals surface area contributed by atoms with Crippen molar-refractivity contribution in [3.05, 3.63) is 0 Å². The van der Waals surface area contributed by atoms with Crippen LogP contribution in [0.5, 0.6) is 0 Å². The minimum Gasteiger partial charge on any atom is -0.380 e. The van der Waals surface area contributed by atoms with Gasteiger partial charge in [0, 0.05) is 12.6 Å². The van der Waals surface area contributed by atoms with Crippen molar-refractivity contribution in [3.8, 4) is 0 Å². The number of nitrogens with one attached hydrogen (secondary N) is 1. The maximum Gasteiger partial charge on any atom is 0.0622 e. The van der Waals surface area contributed by atoms with Gasteiger partial charge >= 0.3 is 0 Å². The van der Waals surface area contributed by atoms with Crippen LogP contribution in [0.25, 0.3) is 0 Å². The van der Waals surface area contributed by atoms with Gasteiger partial charge in [-0.2, -0.15) is 0 Å². The lowest BCUT2D eigenvalue weighted by molar-refractivity contribution is 0.0628. The highest BCUT2D eigenvalue weighted by atomic mass is 16.5. The molecule has 0 bridgehead atoms. The van der Waals surface area contributed by atoms with Crippen LogP contribution in [0.2, 0.25) is 0 Å². The summed E-state index contributed by atoms with van der Waals surface area (Å²) in [5.74, 6) is 2.94. The van der Waals surface area contributed by atoms with Crippen LogP contribution < -0.4 is 5.32 Å². The highest BCUT2D eigenvalue weighted by molar-refractivity contribution is 4.87. The SMILES string of the molecule is CCOCC(NC)C1CCC2CCCCC2C1. The lowest BCUT2D eigenvalue weighted by Gasteiger charge is -2.41. The molecule has 2 fully saturated rings. The van der Waals surface area contributed by atoms with Crippen molar-refractivity contribution in [2.24, 2.45) is 17.8 Å². The molecule has 0 heterocycles. The van der Waals surface area contributed by atoms with Crippen LogP contribution in [0.4, 0.5) is 0 Å². The summed E-state index contributed by atoms with van der Waals surface area (Å²) in [7, 11) is 2.09. The maximum atomic E-state index is 5.61. The number of fused-ring (bicyclic) bond motifs is 1. The molecule has 0 saturated heterocycles. The first-order valence-electron chi connectivity index (χ1n) is 7.60. The molecule has 0 aromatic rings. The summed E-state index contributed by atoms with van der Waals surface area (Å²) in [4.78, 5) is 0. The molecule has 2 nitrogen and oxygen atoms in total. The molecule has 4 atom stereocenters. The fraction of sp³-hybridized carbons (Fsp3) is 1.00. The van der Waals surface area contributed by atoms with E-state index in [0.29, 0.717) is 6.04 Å². The molecule has 2 saturated carbocycles. The lowest BCUT2D eigenvalue weighted by Crippen LogP contribution is -2.42. The van der Waals surface area contributed by atoms with E-state index in [2.05, 4.69) is 19.3 Å². The molecule has 4 unspecified atom stereocenters. The van der Waals surface area contributed by atoms with Crippen LogP contribution in [0, 0.1) is 17.8 Å². The number of hydrogen-bond acceptors (Lipinski definition) is 2. The zero-order valence-electron chi connectivity index (χ0n) is 11.6. The van der Waals surface area contributed by atoms with E-state index >= 15 is 0 Å². The Morgan fingerprint density at radius 2 is 1.88 bits per heavy atom. The molecule has 2 rings (SSSR count). The van der Waals surface area contributed by atoms with E-state index in [9.17, 15) is 0 Å². The third kappa shape index (κ3) is 3.45. The molecule has 2 aliphatic carbocycles. The van der Waals surface area contributed by atoms with Gasteiger partial charge in [-0.1, -0.05) is 25.7 Å². The second-order valence-electron chi connectivity index (χ2n) is 5.93. The van der Waals surface area contributed by atoms with Crippen LogP contribution in [0.3, 0.4) is 0 Å². The summed E-state index contributed by atoms with van der Waals surface area (Å²) >= 11 is 0. The van der Waals surface area contributed by atoms with Crippen LogP contribution in [0.1, 0.15) is 51.9 Å². The second kappa shape index (κ2) is 6.75. The van der Waals surface area contributed by atoms with Gasteiger partial charge in [0.15, 0.2) is 0 Å². The van der Waals surface area contributed by atoms with Gasteiger partial charge in [0.2, 0.25) is 0 Å². The zero-order valence-corrected chi connectivity index (χ0v) is 11.6. The monoisotopic (exact) mass is 239 g/mol. The minimum atomic E-state index is 0.581. The Labute approximate surface area is 107 Å². The molecule has 0 aromatic carbocycles. The molecule has 0 radical (unpaired) electrons. The first-order valence-corrected chi connectivity index (χ1v) is 7.60. The third-order valence-electron chi connectivity index (χ3n) is 5.02. The Bertz CT molecular complexity index is 219. The molecular formula is C15H29NO. The predicted octanol–water partition coefficient (Wildman–Crippen LogP) is 3.22. The number of hydrogen-bond donors (Lipinski definition) is 1. The molecule has 2 aliphatic rings. The van der Waals surface area contributed by atoms with Gasteiger partial charge in [0.1, 0.15) is 0 Å². The number of rotatable bonds is 5. The second-order valence-corrected chi connectivity index (χ2v) is 5.93. The van der Waals surface area contributed by atoms with Crippen molar-refractivity contribution in [3.63, 3.8) is 0 Å². The summed E-state index contributed by atoms with van der Waals surface area (Å²) in [5.41, 5.74) is 0. The van der Waals surface area contributed by atoms with Gasteiger partial charge in [0.05, 0.1) is 6.61 Å². The standard InChI is InChI=1S/C15H29NO/c1-3-17-11-15(16-2)14-9-8-12-6-4-5-7-13(12)10-14/h12-16H,3-11H2,1-2H3. The Hall–Kier alpha value is -0.0800. The van der Waals surface area contributed by atoms with Crippen LogP contribution >= 0.6 is 0 Å². The van der Waals surface area contributed by atoms with Gasteiger partial charge in [0.25, 0.3) is 0 Å². The van der Waals surface area contributed by atoms with Gasteiger partial charge in [-0.05, 0) is 51.0 Å². The van der Waals surface area contributed by atoms with E-state index in [1.165, 1.54) is 44.9 Å². The first kappa shape index (κ1) is 13.4. The van der Waals surface area contributed by atoms with E-state index in [1.807, 2.05) is 0 Å². The van der Waals surface area contributed by atoms with Crippen molar-refractivity contribution in [1.29, 1.82) is 0 Å².